The van der Waals surface area contributed by atoms with Gasteiger partial charge in [-0.3, -0.25) is 4.79 Å². The average Bonchev–Trinajstić information content (AvgIpc) is 3.47. The number of hydrogen-bond acceptors (Lipinski definition) is 8. The number of amides is 1. The van der Waals surface area contributed by atoms with Crippen LogP contribution in [0, 0.1) is 0 Å². The van der Waals surface area contributed by atoms with Crippen LogP contribution in [0.3, 0.4) is 0 Å². The van der Waals surface area contributed by atoms with E-state index in [1.54, 1.807) is 16.8 Å². The van der Waals surface area contributed by atoms with Gasteiger partial charge in [-0.2, -0.15) is 0 Å². The predicted molar refractivity (Wildman–Crippen MR) is 123 cm³/mol. The number of anilines is 3. The molecule has 1 amide bonds. The van der Waals surface area contributed by atoms with Crippen LogP contribution in [0.5, 0.6) is 0 Å². The Hall–Kier alpha value is -3.24. The molecule has 2 saturated heterocycles. The van der Waals surface area contributed by atoms with Gasteiger partial charge in [-0.15, -0.1) is 5.10 Å². The Morgan fingerprint density at radius 2 is 1.94 bits per heavy atom. The molecule has 0 aliphatic carbocycles. The normalized spacial score (nSPS) is 19.2. The van der Waals surface area contributed by atoms with Gasteiger partial charge in [0.15, 0.2) is 11.3 Å². The maximum Gasteiger partial charge on any atom is 0.277 e. The predicted octanol–water partition coefficient (Wildman–Crippen LogP) is 1.35. The topological polar surface area (TPSA) is 91.1 Å². The highest BCUT2D eigenvalue weighted by Crippen LogP contribution is 2.21. The molecule has 168 valence electrons. The number of nitrogens with one attached hydrogen (secondary N) is 1. The van der Waals surface area contributed by atoms with Crippen LogP contribution in [0.4, 0.5) is 17.5 Å². The number of pyridine rings is 1. The Bertz CT molecular complexity index is 1110. The summed E-state index contributed by atoms with van der Waals surface area (Å²) in [4.78, 5) is 28.6. The SMILES string of the molecule is CN(C)[C@H]1CCN(c2ccc3ncc(C(=O)Nc4cccc(N5CCOCC5)n4)n3n2)C1. The fourth-order valence-corrected chi connectivity index (χ4v) is 4.20. The maximum atomic E-state index is 13.0. The number of nitrogens with zero attached hydrogens (tertiary/aromatic N) is 7. The minimum atomic E-state index is -0.290. The molecular formula is C22H28N8O2. The van der Waals surface area contributed by atoms with Gasteiger partial charge in [0, 0.05) is 32.2 Å². The zero-order chi connectivity index (χ0) is 22.1. The molecule has 0 spiro atoms. The van der Waals surface area contributed by atoms with Crippen LogP contribution in [-0.4, -0.2) is 89.9 Å². The number of ether oxygens (including phenoxy) is 1. The van der Waals surface area contributed by atoms with Gasteiger partial charge in [0.1, 0.15) is 17.5 Å². The van der Waals surface area contributed by atoms with Gasteiger partial charge < -0.3 is 24.8 Å². The lowest BCUT2D eigenvalue weighted by Gasteiger charge is -2.27. The van der Waals surface area contributed by atoms with E-state index in [2.05, 4.69) is 44.1 Å². The summed E-state index contributed by atoms with van der Waals surface area (Å²) in [6.07, 6.45) is 2.65. The highest BCUT2D eigenvalue weighted by molar-refractivity contribution is 6.02. The van der Waals surface area contributed by atoms with Crippen molar-refractivity contribution in [1.82, 2.24) is 24.5 Å². The van der Waals surface area contributed by atoms with Gasteiger partial charge in [-0.05, 0) is 44.8 Å². The Balaban J connectivity index is 1.35. The van der Waals surface area contributed by atoms with E-state index in [1.807, 2.05) is 24.3 Å². The van der Waals surface area contributed by atoms with E-state index in [1.165, 1.54) is 0 Å². The third kappa shape index (κ3) is 4.11. The molecule has 32 heavy (non-hydrogen) atoms. The van der Waals surface area contributed by atoms with E-state index in [-0.39, 0.29) is 5.91 Å². The second kappa shape index (κ2) is 8.71. The number of rotatable bonds is 5. The third-order valence-electron chi connectivity index (χ3n) is 6.11. The van der Waals surface area contributed by atoms with Crippen molar-refractivity contribution >= 4 is 29.0 Å². The number of fused-ring (bicyclic) bond motifs is 1. The summed E-state index contributed by atoms with van der Waals surface area (Å²) in [7, 11) is 4.20. The highest BCUT2D eigenvalue weighted by Gasteiger charge is 2.25. The van der Waals surface area contributed by atoms with Crippen molar-refractivity contribution in [1.29, 1.82) is 0 Å². The molecule has 0 saturated carbocycles. The quantitative estimate of drug-likeness (QED) is 0.641. The fraction of sp³-hybridized carbons (Fsp3) is 0.455. The lowest BCUT2D eigenvalue weighted by Crippen LogP contribution is -2.36. The summed E-state index contributed by atoms with van der Waals surface area (Å²) < 4.78 is 7.02. The first-order valence-electron chi connectivity index (χ1n) is 11.0. The van der Waals surface area contributed by atoms with E-state index >= 15 is 0 Å². The van der Waals surface area contributed by atoms with E-state index in [9.17, 15) is 4.79 Å². The van der Waals surface area contributed by atoms with Gasteiger partial charge in [0.05, 0.1) is 19.4 Å². The molecule has 2 aliphatic rings. The fourth-order valence-electron chi connectivity index (χ4n) is 4.20. The second-order valence-electron chi connectivity index (χ2n) is 8.39. The first-order chi connectivity index (χ1) is 15.6. The van der Waals surface area contributed by atoms with Crippen molar-refractivity contribution in [3.63, 3.8) is 0 Å². The molecule has 5 heterocycles. The molecular weight excluding hydrogens is 408 g/mol. The van der Waals surface area contributed by atoms with E-state index < -0.39 is 0 Å². The van der Waals surface area contributed by atoms with Crippen LogP contribution < -0.4 is 15.1 Å². The van der Waals surface area contributed by atoms with Crippen LogP contribution in [0.25, 0.3) is 5.65 Å². The molecule has 10 nitrogen and oxygen atoms in total. The second-order valence-corrected chi connectivity index (χ2v) is 8.39. The number of morpholine rings is 1. The molecule has 3 aromatic heterocycles. The maximum absolute atomic E-state index is 13.0. The monoisotopic (exact) mass is 436 g/mol. The minimum absolute atomic E-state index is 0.290. The van der Waals surface area contributed by atoms with Crippen LogP contribution in [0.15, 0.2) is 36.5 Å². The summed E-state index contributed by atoms with van der Waals surface area (Å²) in [5, 5.41) is 7.62. The molecule has 5 rings (SSSR count). The van der Waals surface area contributed by atoms with Gasteiger partial charge in [0.25, 0.3) is 5.91 Å². The third-order valence-corrected chi connectivity index (χ3v) is 6.11. The van der Waals surface area contributed by atoms with Crippen molar-refractivity contribution in [3.05, 3.63) is 42.2 Å². The van der Waals surface area contributed by atoms with Crippen LogP contribution in [0.2, 0.25) is 0 Å². The Kier molecular flexibility index (Phi) is 5.62. The number of likely N-dealkylation sites (N-methyl/N-ethyl adjacent to an activating group) is 1. The van der Waals surface area contributed by atoms with Crippen LogP contribution in [0.1, 0.15) is 16.9 Å². The van der Waals surface area contributed by atoms with Gasteiger partial charge in [0.2, 0.25) is 0 Å². The molecule has 0 aromatic carbocycles. The van der Waals surface area contributed by atoms with Gasteiger partial charge >= 0.3 is 0 Å². The van der Waals surface area contributed by atoms with Crippen LogP contribution >= 0.6 is 0 Å². The van der Waals surface area contributed by atoms with Crippen LogP contribution in [-0.2, 0) is 4.74 Å². The summed E-state index contributed by atoms with van der Waals surface area (Å²) >= 11 is 0. The van der Waals surface area contributed by atoms with Gasteiger partial charge in [-0.1, -0.05) is 6.07 Å². The zero-order valence-electron chi connectivity index (χ0n) is 18.4. The highest BCUT2D eigenvalue weighted by atomic mass is 16.5. The van der Waals surface area contributed by atoms with Crippen molar-refractivity contribution in [2.75, 3.05) is 68.6 Å². The number of carbonyl (C=O) groups excluding carboxylic acids is 1. The Morgan fingerprint density at radius 3 is 2.72 bits per heavy atom. The van der Waals surface area contributed by atoms with E-state index in [0.29, 0.717) is 36.4 Å². The largest absolute Gasteiger partial charge is 0.378 e. The standard InChI is InChI=1S/C22H28N8O2/c1-27(2)16-8-9-29(15-16)21-7-6-19-23-14-17(30(19)26-21)22(31)25-18-4-3-5-20(24-18)28-10-12-32-13-11-28/h3-7,14,16H,8-13,15H2,1-2H3,(H,24,25,31)/t16-/m0/s1. The Labute approximate surface area is 186 Å². The molecule has 0 bridgehead atoms. The molecule has 1 N–H and O–H groups in total. The molecule has 2 fully saturated rings. The van der Waals surface area contributed by atoms with Crippen molar-refractivity contribution in [2.24, 2.45) is 0 Å². The molecule has 2 aliphatic heterocycles. The summed E-state index contributed by atoms with van der Waals surface area (Å²) in [5.74, 6) is 1.88. The number of hydrogen-bond donors (Lipinski definition) is 1. The summed E-state index contributed by atoms with van der Waals surface area (Å²) in [5.41, 5.74) is 1.01. The molecule has 10 heteroatoms. The zero-order valence-corrected chi connectivity index (χ0v) is 18.4. The average molecular weight is 437 g/mol. The summed E-state index contributed by atoms with van der Waals surface area (Å²) in [6, 6.07) is 10.00. The molecule has 3 aromatic rings. The number of carbonyl (C=O) groups is 1. The van der Waals surface area contributed by atoms with Gasteiger partial charge in [-0.25, -0.2) is 14.5 Å². The molecule has 0 radical (unpaired) electrons. The minimum Gasteiger partial charge on any atom is -0.378 e. The van der Waals surface area contributed by atoms with Crippen molar-refractivity contribution in [2.45, 2.75) is 12.5 Å². The lowest BCUT2D eigenvalue weighted by atomic mass is 10.2. The van der Waals surface area contributed by atoms with Crippen molar-refractivity contribution in [3.8, 4) is 0 Å². The van der Waals surface area contributed by atoms with Crippen molar-refractivity contribution < 1.29 is 9.53 Å². The smallest absolute Gasteiger partial charge is 0.277 e. The molecule has 0 unspecified atom stereocenters. The number of aromatic nitrogens is 4. The Morgan fingerprint density at radius 1 is 1.09 bits per heavy atom. The number of imidazole rings is 1. The first-order valence-corrected chi connectivity index (χ1v) is 11.0. The summed E-state index contributed by atoms with van der Waals surface area (Å²) in [6.45, 7) is 4.79. The lowest BCUT2D eigenvalue weighted by molar-refractivity contribution is 0.102. The first kappa shape index (κ1) is 20.7. The van der Waals surface area contributed by atoms with E-state index in [0.717, 1.165) is 44.2 Å². The van der Waals surface area contributed by atoms with E-state index in [4.69, 9.17) is 9.84 Å². The molecule has 1 atom stereocenters.